The molecule has 1 aliphatic rings. The number of nitro benzene ring substituents is 1. The molecule has 0 atom stereocenters. The summed E-state index contributed by atoms with van der Waals surface area (Å²) in [5.74, 6) is 0.121. The number of hydrogen-bond donors (Lipinski definition) is 0. The Morgan fingerprint density at radius 1 is 1.44 bits per heavy atom. The lowest BCUT2D eigenvalue weighted by molar-refractivity contribution is -0.384. The SMILES string of the molecule is CN(C)C(=O)c1cc([N+](=O)[O-])ccc1OC1CC1. The fourth-order valence-corrected chi connectivity index (χ4v) is 1.51. The molecular weight excluding hydrogens is 236 g/mol. The summed E-state index contributed by atoms with van der Waals surface area (Å²) >= 11 is 0. The number of nitro groups is 1. The van der Waals surface area contributed by atoms with Gasteiger partial charge in [-0.2, -0.15) is 0 Å². The average molecular weight is 250 g/mol. The van der Waals surface area contributed by atoms with Crippen LogP contribution >= 0.6 is 0 Å². The molecule has 0 heterocycles. The lowest BCUT2D eigenvalue weighted by Crippen LogP contribution is -2.22. The van der Waals surface area contributed by atoms with Crippen LogP contribution in [0.15, 0.2) is 18.2 Å². The van der Waals surface area contributed by atoms with Crippen molar-refractivity contribution in [3.8, 4) is 5.75 Å². The van der Waals surface area contributed by atoms with Crippen molar-refractivity contribution < 1.29 is 14.5 Å². The zero-order valence-electron chi connectivity index (χ0n) is 10.3. The van der Waals surface area contributed by atoms with Crippen molar-refractivity contribution in [3.05, 3.63) is 33.9 Å². The standard InChI is InChI=1S/C12H14N2O4/c1-13(2)12(15)10-7-8(14(16)17)3-6-11(10)18-9-4-5-9/h3,6-7,9H,4-5H2,1-2H3. The van der Waals surface area contributed by atoms with Crippen LogP contribution in [0, 0.1) is 10.1 Å². The van der Waals surface area contributed by atoms with Crippen LogP contribution in [-0.2, 0) is 0 Å². The maximum atomic E-state index is 12.0. The fourth-order valence-electron chi connectivity index (χ4n) is 1.51. The lowest BCUT2D eigenvalue weighted by atomic mass is 10.1. The van der Waals surface area contributed by atoms with E-state index in [1.54, 1.807) is 14.1 Å². The molecule has 0 aromatic heterocycles. The van der Waals surface area contributed by atoms with Crippen molar-refractivity contribution >= 4 is 11.6 Å². The minimum Gasteiger partial charge on any atom is -0.490 e. The van der Waals surface area contributed by atoms with E-state index >= 15 is 0 Å². The number of hydrogen-bond acceptors (Lipinski definition) is 4. The van der Waals surface area contributed by atoms with Gasteiger partial charge in [0.2, 0.25) is 0 Å². The van der Waals surface area contributed by atoms with Gasteiger partial charge in [-0.3, -0.25) is 14.9 Å². The molecule has 0 saturated heterocycles. The molecule has 6 heteroatoms. The summed E-state index contributed by atoms with van der Waals surface area (Å²) in [7, 11) is 3.20. The van der Waals surface area contributed by atoms with Crippen LogP contribution in [0.2, 0.25) is 0 Å². The van der Waals surface area contributed by atoms with Gasteiger partial charge in [-0.15, -0.1) is 0 Å². The van der Waals surface area contributed by atoms with Gasteiger partial charge in [0.25, 0.3) is 11.6 Å². The number of amides is 1. The highest BCUT2D eigenvalue weighted by Crippen LogP contribution is 2.31. The summed E-state index contributed by atoms with van der Waals surface area (Å²) in [6.45, 7) is 0. The van der Waals surface area contributed by atoms with E-state index in [0.717, 1.165) is 12.8 Å². The second-order valence-corrected chi connectivity index (χ2v) is 4.45. The van der Waals surface area contributed by atoms with E-state index in [1.807, 2.05) is 0 Å². The predicted octanol–water partition coefficient (Wildman–Crippen LogP) is 1.84. The molecule has 0 radical (unpaired) electrons. The van der Waals surface area contributed by atoms with Crippen molar-refractivity contribution in [2.45, 2.75) is 18.9 Å². The van der Waals surface area contributed by atoms with Gasteiger partial charge in [0, 0.05) is 26.2 Å². The van der Waals surface area contributed by atoms with Gasteiger partial charge >= 0.3 is 0 Å². The first kappa shape index (κ1) is 12.3. The molecule has 1 aromatic rings. The molecule has 18 heavy (non-hydrogen) atoms. The third kappa shape index (κ3) is 2.58. The summed E-state index contributed by atoms with van der Waals surface area (Å²) in [6.07, 6.45) is 2.07. The number of ether oxygens (including phenoxy) is 1. The number of benzene rings is 1. The monoisotopic (exact) mass is 250 g/mol. The molecule has 1 saturated carbocycles. The Labute approximate surface area is 104 Å². The van der Waals surface area contributed by atoms with Crippen LogP contribution in [0.3, 0.4) is 0 Å². The van der Waals surface area contributed by atoms with E-state index in [9.17, 15) is 14.9 Å². The molecule has 96 valence electrons. The Bertz CT molecular complexity index is 495. The maximum absolute atomic E-state index is 12.0. The Morgan fingerprint density at radius 2 is 2.11 bits per heavy atom. The molecule has 1 amide bonds. The summed E-state index contributed by atoms with van der Waals surface area (Å²) in [5, 5.41) is 10.7. The van der Waals surface area contributed by atoms with Crippen LogP contribution in [0.25, 0.3) is 0 Å². The Kier molecular flexibility index (Phi) is 3.18. The molecule has 0 spiro atoms. The molecule has 0 unspecified atom stereocenters. The zero-order chi connectivity index (χ0) is 13.3. The quantitative estimate of drug-likeness (QED) is 0.603. The van der Waals surface area contributed by atoms with E-state index in [0.29, 0.717) is 5.75 Å². The van der Waals surface area contributed by atoms with E-state index in [-0.39, 0.29) is 23.3 Å². The second-order valence-electron chi connectivity index (χ2n) is 4.45. The molecule has 1 fully saturated rings. The average Bonchev–Trinajstić information content (AvgIpc) is 3.12. The topological polar surface area (TPSA) is 72.7 Å². The first-order valence-electron chi connectivity index (χ1n) is 5.66. The van der Waals surface area contributed by atoms with Crippen molar-refractivity contribution in [3.63, 3.8) is 0 Å². The molecule has 1 aliphatic carbocycles. The number of carbonyl (C=O) groups is 1. The number of carbonyl (C=O) groups excluding carboxylic acids is 1. The van der Waals surface area contributed by atoms with Gasteiger partial charge in [-0.05, 0) is 18.9 Å². The third-order valence-corrected chi connectivity index (χ3v) is 2.63. The minimum atomic E-state index is -0.520. The number of nitrogens with zero attached hydrogens (tertiary/aromatic N) is 2. The van der Waals surface area contributed by atoms with Crippen molar-refractivity contribution in [1.29, 1.82) is 0 Å². The van der Waals surface area contributed by atoms with E-state index < -0.39 is 4.92 Å². The fraction of sp³-hybridized carbons (Fsp3) is 0.417. The highest BCUT2D eigenvalue weighted by Gasteiger charge is 2.27. The van der Waals surface area contributed by atoms with Gasteiger partial charge in [0.05, 0.1) is 16.6 Å². The highest BCUT2D eigenvalue weighted by molar-refractivity contribution is 5.97. The van der Waals surface area contributed by atoms with Crippen LogP contribution < -0.4 is 4.74 Å². The lowest BCUT2D eigenvalue weighted by Gasteiger charge is -2.14. The van der Waals surface area contributed by atoms with Crippen LogP contribution in [0.1, 0.15) is 23.2 Å². The van der Waals surface area contributed by atoms with E-state index in [2.05, 4.69) is 0 Å². The molecule has 1 aromatic carbocycles. The predicted molar refractivity (Wildman–Crippen MR) is 64.8 cm³/mol. The highest BCUT2D eigenvalue weighted by atomic mass is 16.6. The van der Waals surface area contributed by atoms with E-state index in [1.165, 1.54) is 23.1 Å². The van der Waals surface area contributed by atoms with Gasteiger partial charge in [0.1, 0.15) is 5.75 Å². The minimum absolute atomic E-state index is 0.108. The normalized spacial score (nSPS) is 14.1. The van der Waals surface area contributed by atoms with Crippen molar-refractivity contribution in [1.82, 2.24) is 4.90 Å². The molecule has 0 bridgehead atoms. The molecular formula is C12H14N2O4. The smallest absolute Gasteiger partial charge is 0.270 e. The Balaban J connectivity index is 2.38. The van der Waals surface area contributed by atoms with Gasteiger partial charge in [-0.25, -0.2) is 0 Å². The largest absolute Gasteiger partial charge is 0.490 e. The third-order valence-electron chi connectivity index (χ3n) is 2.63. The molecule has 0 aliphatic heterocycles. The summed E-state index contributed by atoms with van der Waals surface area (Å²) < 4.78 is 5.59. The molecule has 6 nitrogen and oxygen atoms in total. The first-order chi connectivity index (χ1) is 8.49. The van der Waals surface area contributed by atoms with E-state index in [4.69, 9.17) is 4.74 Å². The molecule has 2 rings (SSSR count). The summed E-state index contributed by atoms with van der Waals surface area (Å²) in [6, 6.07) is 4.11. The Hall–Kier alpha value is -2.11. The van der Waals surface area contributed by atoms with Gasteiger partial charge in [-0.1, -0.05) is 0 Å². The summed E-state index contributed by atoms with van der Waals surface area (Å²) in [5.41, 5.74) is 0.129. The Morgan fingerprint density at radius 3 is 2.61 bits per heavy atom. The zero-order valence-corrected chi connectivity index (χ0v) is 10.3. The maximum Gasteiger partial charge on any atom is 0.270 e. The second kappa shape index (κ2) is 4.64. The summed E-state index contributed by atoms with van der Waals surface area (Å²) in [4.78, 5) is 23.5. The van der Waals surface area contributed by atoms with Crippen molar-refractivity contribution in [2.24, 2.45) is 0 Å². The number of non-ortho nitro benzene ring substituents is 1. The van der Waals surface area contributed by atoms with Gasteiger partial charge in [0.15, 0.2) is 0 Å². The van der Waals surface area contributed by atoms with Crippen LogP contribution in [0.4, 0.5) is 5.69 Å². The van der Waals surface area contributed by atoms with Gasteiger partial charge < -0.3 is 9.64 Å². The molecule has 0 N–H and O–H groups in total. The first-order valence-corrected chi connectivity index (χ1v) is 5.66. The van der Waals surface area contributed by atoms with Crippen LogP contribution in [0.5, 0.6) is 5.75 Å². The number of rotatable bonds is 4. The van der Waals surface area contributed by atoms with Crippen LogP contribution in [-0.4, -0.2) is 35.9 Å². The van der Waals surface area contributed by atoms with Crippen molar-refractivity contribution in [2.75, 3.05) is 14.1 Å².